The number of carbonyl (C=O) groups is 1. The number of likely N-dealkylation sites (N-methyl/N-ethyl adjacent to an activating group) is 1. The highest BCUT2D eigenvalue weighted by Gasteiger charge is 2.14. The molecule has 0 saturated heterocycles. The van der Waals surface area contributed by atoms with Gasteiger partial charge in [0.25, 0.3) is 11.6 Å². The Hall–Kier alpha value is -3.49. The second-order valence-electron chi connectivity index (χ2n) is 5.60. The first-order chi connectivity index (χ1) is 11.9. The molecule has 0 aliphatic heterocycles. The molecule has 0 unspecified atom stereocenters. The highest BCUT2D eigenvalue weighted by Crippen LogP contribution is 2.14. The normalized spacial score (nSPS) is 10.8. The van der Waals surface area contributed by atoms with Crippen LogP contribution >= 0.6 is 0 Å². The molecule has 0 radical (unpaired) electrons. The van der Waals surface area contributed by atoms with E-state index in [4.69, 9.17) is 0 Å². The van der Waals surface area contributed by atoms with Crippen molar-refractivity contribution in [3.05, 3.63) is 68.3 Å². The summed E-state index contributed by atoms with van der Waals surface area (Å²) in [4.78, 5) is 44.7. The van der Waals surface area contributed by atoms with Gasteiger partial charge in [-0.15, -0.1) is 0 Å². The minimum absolute atomic E-state index is 0.0255. The summed E-state index contributed by atoms with van der Waals surface area (Å²) in [5, 5.41) is 10.8. The molecular formula is C16H15N5O4. The fourth-order valence-corrected chi connectivity index (χ4v) is 2.48. The number of carbonyl (C=O) groups excluding carboxylic acids is 1. The molecule has 9 heteroatoms. The lowest BCUT2D eigenvalue weighted by Crippen LogP contribution is -2.29. The zero-order valence-corrected chi connectivity index (χ0v) is 13.4. The molecule has 25 heavy (non-hydrogen) atoms. The highest BCUT2D eigenvalue weighted by atomic mass is 16.6. The zero-order chi connectivity index (χ0) is 18.0. The maximum atomic E-state index is 12.5. The van der Waals surface area contributed by atoms with Gasteiger partial charge in [-0.2, -0.15) is 0 Å². The quantitative estimate of drug-likeness (QED) is 0.537. The van der Waals surface area contributed by atoms with Gasteiger partial charge < -0.3 is 9.88 Å². The van der Waals surface area contributed by atoms with Gasteiger partial charge in [0.1, 0.15) is 0 Å². The van der Waals surface area contributed by atoms with Crippen molar-refractivity contribution in [3.8, 4) is 0 Å². The van der Waals surface area contributed by atoms with E-state index in [0.29, 0.717) is 29.7 Å². The summed E-state index contributed by atoms with van der Waals surface area (Å²) < 4.78 is 0. The molecular weight excluding hydrogens is 326 g/mol. The van der Waals surface area contributed by atoms with Crippen molar-refractivity contribution in [1.29, 1.82) is 0 Å². The molecule has 2 N–H and O–H groups in total. The van der Waals surface area contributed by atoms with E-state index in [1.165, 1.54) is 23.2 Å². The molecule has 1 aromatic carbocycles. The standard InChI is InChI=1S/C16H15N5O4/c1-20(6-5-10-3-2-4-12(7-10)21(24)25)15(22)11-8-13-14(17-9-11)19-16(23)18-13/h2-4,7-9H,5-6H2,1H3,(H2,17,18,19,23). The Kier molecular flexibility index (Phi) is 4.29. The van der Waals surface area contributed by atoms with Gasteiger partial charge in [0.05, 0.1) is 16.0 Å². The van der Waals surface area contributed by atoms with Gasteiger partial charge in [0, 0.05) is 31.9 Å². The van der Waals surface area contributed by atoms with Crippen LogP contribution in [0.5, 0.6) is 0 Å². The Morgan fingerprint density at radius 1 is 1.32 bits per heavy atom. The molecule has 0 atom stereocenters. The average molecular weight is 341 g/mol. The van der Waals surface area contributed by atoms with Gasteiger partial charge in [-0.3, -0.25) is 19.9 Å². The number of pyridine rings is 1. The molecule has 0 aliphatic carbocycles. The number of nitro benzene ring substituents is 1. The topological polar surface area (TPSA) is 125 Å². The van der Waals surface area contributed by atoms with Crippen LogP contribution in [0.15, 0.2) is 41.3 Å². The fourth-order valence-electron chi connectivity index (χ4n) is 2.48. The summed E-state index contributed by atoms with van der Waals surface area (Å²) in [6, 6.07) is 7.89. The first-order valence-corrected chi connectivity index (χ1v) is 7.51. The number of hydrogen-bond acceptors (Lipinski definition) is 5. The number of nitrogens with one attached hydrogen (secondary N) is 2. The van der Waals surface area contributed by atoms with E-state index >= 15 is 0 Å². The van der Waals surface area contributed by atoms with E-state index in [2.05, 4.69) is 15.0 Å². The van der Waals surface area contributed by atoms with E-state index in [-0.39, 0.29) is 17.3 Å². The zero-order valence-electron chi connectivity index (χ0n) is 13.4. The number of benzene rings is 1. The summed E-state index contributed by atoms with van der Waals surface area (Å²) >= 11 is 0. The van der Waals surface area contributed by atoms with Crippen molar-refractivity contribution >= 4 is 22.8 Å². The Morgan fingerprint density at radius 2 is 2.12 bits per heavy atom. The van der Waals surface area contributed by atoms with Gasteiger partial charge >= 0.3 is 5.69 Å². The number of nitrogens with zero attached hydrogens (tertiary/aromatic N) is 3. The molecule has 0 saturated carbocycles. The predicted molar refractivity (Wildman–Crippen MR) is 90.5 cm³/mol. The molecule has 2 aromatic heterocycles. The van der Waals surface area contributed by atoms with E-state index < -0.39 is 4.92 Å². The molecule has 3 rings (SSSR count). The van der Waals surface area contributed by atoms with Crippen molar-refractivity contribution in [2.24, 2.45) is 0 Å². The largest absolute Gasteiger partial charge is 0.341 e. The molecule has 0 aliphatic rings. The monoisotopic (exact) mass is 341 g/mol. The summed E-state index contributed by atoms with van der Waals surface area (Å²) in [5.41, 5.74) is 1.62. The van der Waals surface area contributed by atoms with E-state index in [0.717, 1.165) is 5.56 Å². The fraction of sp³-hybridized carbons (Fsp3) is 0.188. The molecule has 9 nitrogen and oxygen atoms in total. The van der Waals surface area contributed by atoms with E-state index in [1.807, 2.05) is 0 Å². The van der Waals surface area contributed by atoms with Crippen molar-refractivity contribution in [3.63, 3.8) is 0 Å². The van der Waals surface area contributed by atoms with Gasteiger partial charge in [-0.05, 0) is 18.1 Å². The SMILES string of the molecule is CN(CCc1cccc([N+](=O)[O-])c1)C(=O)c1cnc2[nH]c(=O)[nH]c2c1. The lowest BCUT2D eigenvalue weighted by atomic mass is 10.1. The van der Waals surface area contributed by atoms with Gasteiger partial charge in [-0.25, -0.2) is 9.78 Å². The molecule has 1 amide bonds. The third kappa shape index (κ3) is 3.55. The Morgan fingerprint density at radius 3 is 2.88 bits per heavy atom. The lowest BCUT2D eigenvalue weighted by Gasteiger charge is -2.17. The number of hydrogen-bond donors (Lipinski definition) is 2. The van der Waals surface area contributed by atoms with Crippen LogP contribution in [0.1, 0.15) is 15.9 Å². The van der Waals surface area contributed by atoms with Crippen molar-refractivity contribution < 1.29 is 9.72 Å². The summed E-state index contributed by atoms with van der Waals surface area (Å²) in [6.07, 6.45) is 1.89. The molecule has 0 spiro atoms. The van der Waals surface area contributed by atoms with Crippen LogP contribution in [-0.4, -0.2) is 44.3 Å². The van der Waals surface area contributed by atoms with Gasteiger partial charge in [-0.1, -0.05) is 12.1 Å². The number of amides is 1. The number of non-ortho nitro benzene ring substituents is 1. The number of H-pyrrole nitrogens is 2. The van der Waals surface area contributed by atoms with Crippen molar-refractivity contribution in [2.75, 3.05) is 13.6 Å². The van der Waals surface area contributed by atoms with E-state index in [9.17, 15) is 19.7 Å². The number of fused-ring (bicyclic) bond motifs is 1. The summed E-state index contributed by atoms with van der Waals surface area (Å²) in [7, 11) is 1.64. The molecule has 0 bridgehead atoms. The van der Waals surface area contributed by atoms with Crippen LogP contribution in [0.4, 0.5) is 5.69 Å². The number of aromatic amines is 2. The maximum absolute atomic E-state index is 12.5. The molecule has 128 valence electrons. The Bertz CT molecular complexity index is 1010. The minimum atomic E-state index is -0.448. The van der Waals surface area contributed by atoms with Crippen LogP contribution in [0.25, 0.3) is 11.2 Å². The van der Waals surface area contributed by atoms with Crippen molar-refractivity contribution in [2.45, 2.75) is 6.42 Å². The Labute approximate surface area is 141 Å². The summed E-state index contributed by atoms with van der Waals surface area (Å²) in [6.45, 7) is 0.391. The Balaban J connectivity index is 1.70. The second kappa shape index (κ2) is 6.56. The number of aromatic nitrogens is 3. The summed E-state index contributed by atoms with van der Waals surface area (Å²) in [5.74, 6) is -0.248. The van der Waals surface area contributed by atoms with Crippen LogP contribution < -0.4 is 5.69 Å². The van der Waals surface area contributed by atoms with Crippen LogP contribution in [0.3, 0.4) is 0 Å². The first-order valence-electron chi connectivity index (χ1n) is 7.51. The van der Waals surface area contributed by atoms with Gasteiger partial charge in [0.2, 0.25) is 0 Å². The van der Waals surface area contributed by atoms with E-state index in [1.54, 1.807) is 25.2 Å². The highest BCUT2D eigenvalue weighted by molar-refractivity contribution is 5.96. The maximum Gasteiger partial charge on any atom is 0.325 e. The molecule has 2 heterocycles. The average Bonchev–Trinajstić information content (AvgIpc) is 2.98. The third-order valence-corrected chi connectivity index (χ3v) is 3.82. The minimum Gasteiger partial charge on any atom is -0.341 e. The lowest BCUT2D eigenvalue weighted by molar-refractivity contribution is -0.384. The third-order valence-electron chi connectivity index (χ3n) is 3.82. The molecule has 0 fully saturated rings. The smallest absolute Gasteiger partial charge is 0.325 e. The van der Waals surface area contributed by atoms with Gasteiger partial charge in [0.15, 0.2) is 5.65 Å². The molecule has 3 aromatic rings. The predicted octanol–water partition coefficient (Wildman–Crippen LogP) is 1.47. The number of rotatable bonds is 5. The van der Waals surface area contributed by atoms with Crippen LogP contribution in [0, 0.1) is 10.1 Å². The van der Waals surface area contributed by atoms with Crippen LogP contribution in [0.2, 0.25) is 0 Å². The van der Waals surface area contributed by atoms with Crippen molar-refractivity contribution in [1.82, 2.24) is 19.9 Å². The number of imidazole rings is 1. The number of nitro groups is 1. The first kappa shape index (κ1) is 16.4. The second-order valence-corrected chi connectivity index (χ2v) is 5.60. The van der Waals surface area contributed by atoms with Crippen LogP contribution in [-0.2, 0) is 6.42 Å².